The zero-order chi connectivity index (χ0) is 25.8. The van der Waals surface area contributed by atoms with Gasteiger partial charge in [-0.15, -0.1) is 0 Å². The predicted octanol–water partition coefficient (Wildman–Crippen LogP) is 4.27. The Kier molecular flexibility index (Phi) is 6.96. The molecule has 1 amide bonds. The van der Waals surface area contributed by atoms with E-state index in [0.717, 1.165) is 22.8 Å². The van der Waals surface area contributed by atoms with Crippen molar-refractivity contribution >= 4 is 34.9 Å². The molecule has 3 heterocycles. The first-order valence-electron chi connectivity index (χ1n) is 11.7. The van der Waals surface area contributed by atoms with Crippen LogP contribution in [0.25, 0.3) is 5.69 Å². The summed E-state index contributed by atoms with van der Waals surface area (Å²) in [5.74, 6) is -0.571. The number of carbonyl (C=O) groups is 2. The SMILES string of the molecule is COC(=O)c1ccc(-n2cccc2[C@H]2[C@H](c3ccccn3)NC(=S)N2CC(=O)Nc2ccccc2)cc1. The maximum absolute atomic E-state index is 13.1. The minimum Gasteiger partial charge on any atom is -0.465 e. The van der Waals surface area contributed by atoms with E-state index >= 15 is 0 Å². The van der Waals surface area contributed by atoms with Gasteiger partial charge < -0.3 is 24.8 Å². The predicted molar refractivity (Wildman–Crippen MR) is 144 cm³/mol. The van der Waals surface area contributed by atoms with Gasteiger partial charge in [-0.2, -0.15) is 0 Å². The van der Waals surface area contributed by atoms with Gasteiger partial charge >= 0.3 is 5.97 Å². The van der Waals surface area contributed by atoms with E-state index in [2.05, 4.69) is 15.6 Å². The van der Waals surface area contributed by atoms with E-state index < -0.39 is 5.97 Å². The van der Waals surface area contributed by atoms with Crippen molar-refractivity contribution in [3.05, 3.63) is 114 Å². The molecule has 186 valence electrons. The van der Waals surface area contributed by atoms with Gasteiger partial charge in [-0.05, 0) is 72.9 Å². The summed E-state index contributed by atoms with van der Waals surface area (Å²) in [6, 6.07) is 25.6. The molecule has 0 unspecified atom stereocenters. The highest BCUT2D eigenvalue weighted by atomic mass is 32.1. The molecule has 1 aliphatic rings. The number of aromatic nitrogens is 2. The third kappa shape index (κ3) is 5.07. The Labute approximate surface area is 219 Å². The highest BCUT2D eigenvalue weighted by molar-refractivity contribution is 7.80. The molecular formula is C28H25N5O3S. The van der Waals surface area contributed by atoms with Gasteiger partial charge in [0.25, 0.3) is 0 Å². The standard InChI is InChI=1S/C28H25N5O3S/c1-36-27(35)19-12-14-21(15-13-19)32-17-7-11-23(32)26-25(22-10-5-6-16-29-22)31-28(37)33(26)18-24(34)30-20-8-3-2-4-9-20/h2-17,25-26H,18H2,1H3,(H,30,34)(H,31,37)/t25-,26-/m0/s1. The van der Waals surface area contributed by atoms with Crippen LogP contribution in [-0.4, -0.2) is 45.1 Å². The van der Waals surface area contributed by atoms with Crippen LogP contribution < -0.4 is 10.6 Å². The van der Waals surface area contributed by atoms with Crippen LogP contribution in [0.1, 0.15) is 33.8 Å². The summed E-state index contributed by atoms with van der Waals surface area (Å²) in [5, 5.41) is 6.79. The fourth-order valence-corrected chi connectivity index (χ4v) is 4.83. The van der Waals surface area contributed by atoms with E-state index in [-0.39, 0.29) is 24.5 Å². The van der Waals surface area contributed by atoms with Gasteiger partial charge in [0.2, 0.25) is 5.91 Å². The second-order valence-electron chi connectivity index (χ2n) is 8.51. The van der Waals surface area contributed by atoms with E-state index in [9.17, 15) is 9.59 Å². The summed E-state index contributed by atoms with van der Waals surface area (Å²) < 4.78 is 6.85. The molecule has 0 spiro atoms. The van der Waals surface area contributed by atoms with Gasteiger partial charge in [0.05, 0.1) is 30.5 Å². The van der Waals surface area contributed by atoms with Gasteiger partial charge in [0, 0.05) is 29.5 Å². The number of nitrogens with zero attached hydrogens (tertiary/aromatic N) is 3. The monoisotopic (exact) mass is 511 g/mol. The number of rotatable bonds is 7. The van der Waals surface area contributed by atoms with Crippen LogP contribution >= 0.6 is 12.2 Å². The number of benzene rings is 2. The zero-order valence-electron chi connectivity index (χ0n) is 20.1. The Hall–Kier alpha value is -4.50. The molecule has 9 heteroatoms. The molecule has 0 aliphatic carbocycles. The van der Waals surface area contributed by atoms with E-state index in [4.69, 9.17) is 17.0 Å². The van der Waals surface area contributed by atoms with Gasteiger partial charge in [0.15, 0.2) is 5.11 Å². The Morgan fingerprint density at radius 2 is 1.76 bits per heavy atom. The number of hydrogen-bond acceptors (Lipinski definition) is 5. The summed E-state index contributed by atoms with van der Waals surface area (Å²) in [7, 11) is 1.36. The van der Waals surface area contributed by atoms with Crippen LogP contribution in [0.3, 0.4) is 0 Å². The van der Waals surface area contributed by atoms with Crippen molar-refractivity contribution < 1.29 is 14.3 Å². The smallest absolute Gasteiger partial charge is 0.337 e. The average Bonchev–Trinajstić information content (AvgIpc) is 3.54. The van der Waals surface area contributed by atoms with E-state index in [1.54, 1.807) is 18.3 Å². The topological polar surface area (TPSA) is 88.5 Å². The van der Waals surface area contributed by atoms with Gasteiger partial charge in [-0.3, -0.25) is 9.78 Å². The first-order valence-corrected chi connectivity index (χ1v) is 12.1. The molecule has 1 saturated heterocycles. The van der Waals surface area contributed by atoms with Crippen molar-refractivity contribution in [2.75, 3.05) is 19.0 Å². The van der Waals surface area contributed by atoms with Crippen molar-refractivity contribution in [2.45, 2.75) is 12.1 Å². The van der Waals surface area contributed by atoms with Crippen LogP contribution in [0.5, 0.6) is 0 Å². The summed E-state index contributed by atoms with van der Waals surface area (Å²) in [6.07, 6.45) is 3.69. The third-order valence-corrected chi connectivity index (χ3v) is 6.57. The Morgan fingerprint density at radius 3 is 2.46 bits per heavy atom. The molecule has 2 aromatic heterocycles. The number of thiocarbonyl (C=S) groups is 1. The number of ether oxygens (including phenoxy) is 1. The average molecular weight is 512 g/mol. The molecule has 37 heavy (non-hydrogen) atoms. The van der Waals surface area contributed by atoms with Gasteiger partial charge in [-0.1, -0.05) is 24.3 Å². The second kappa shape index (κ2) is 10.6. The first-order chi connectivity index (χ1) is 18.0. The Bertz CT molecular complexity index is 1410. The number of hydrogen-bond donors (Lipinski definition) is 2. The fourth-order valence-electron chi connectivity index (χ4n) is 4.52. The summed E-state index contributed by atoms with van der Waals surface area (Å²) in [4.78, 5) is 31.4. The molecule has 1 fully saturated rings. The first kappa shape index (κ1) is 24.2. The number of methoxy groups -OCH3 is 1. The van der Waals surface area contributed by atoms with E-state index in [1.807, 2.05) is 88.5 Å². The lowest BCUT2D eigenvalue weighted by Crippen LogP contribution is -2.37. The number of esters is 1. The molecule has 2 aromatic carbocycles. The molecule has 2 N–H and O–H groups in total. The van der Waals surface area contributed by atoms with Crippen molar-refractivity contribution in [3.8, 4) is 5.69 Å². The van der Waals surface area contributed by atoms with Crippen LogP contribution in [-0.2, 0) is 9.53 Å². The van der Waals surface area contributed by atoms with Crippen LogP contribution in [0.2, 0.25) is 0 Å². The lowest BCUT2D eigenvalue weighted by Gasteiger charge is -2.28. The molecular weight excluding hydrogens is 486 g/mol. The van der Waals surface area contributed by atoms with Crippen molar-refractivity contribution in [2.24, 2.45) is 0 Å². The molecule has 4 aromatic rings. The van der Waals surface area contributed by atoms with Crippen molar-refractivity contribution in [1.82, 2.24) is 19.8 Å². The number of nitrogens with one attached hydrogen (secondary N) is 2. The number of pyridine rings is 1. The second-order valence-corrected chi connectivity index (χ2v) is 8.90. The molecule has 0 saturated carbocycles. The molecule has 0 radical (unpaired) electrons. The van der Waals surface area contributed by atoms with Crippen LogP contribution in [0, 0.1) is 0 Å². The molecule has 8 nitrogen and oxygen atoms in total. The molecule has 5 rings (SSSR count). The fraction of sp³-hybridized carbons (Fsp3) is 0.143. The van der Waals surface area contributed by atoms with Gasteiger partial charge in [-0.25, -0.2) is 4.79 Å². The van der Waals surface area contributed by atoms with Crippen LogP contribution in [0.15, 0.2) is 97.3 Å². The van der Waals surface area contributed by atoms with Crippen LogP contribution in [0.4, 0.5) is 5.69 Å². The minimum atomic E-state index is -0.393. The maximum atomic E-state index is 13.1. The van der Waals surface area contributed by atoms with Crippen molar-refractivity contribution in [3.63, 3.8) is 0 Å². The lowest BCUT2D eigenvalue weighted by atomic mass is 10.0. The number of para-hydroxylation sites is 1. The Morgan fingerprint density at radius 1 is 1.00 bits per heavy atom. The highest BCUT2D eigenvalue weighted by Crippen LogP contribution is 2.39. The van der Waals surface area contributed by atoms with Gasteiger partial charge in [0.1, 0.15) is 6.54 Å². The largest absolute Gasteiger partial charge is 0.465 e. The summed E-state index contributed by atoms with van der Waals surface area (Å²) >= 11 is 5.72. The van der Waals surface area contributed by atoms with E-state index in [1.165, 1.54) is 7.11 Å². The molecule has 1 aliphatic heterocycles. The minimum absolute atomic E-state index is 0.0567. The van der Waals surface area contributed by atoms with Crippen molar-refractivity contribution in [1.29, 1.82) is 0 Å². The summed E-state index contributed by atoms with van der Waals surface area (Å²) in [5.41, 5.74) is 3.78. The zero-order valence-corrected chi connectivity index (χ0v) is 20.9. The summed E-state index contributed by atoms with van der Waals surface area (Å²) in [6.45, 7) is 0.0567. The number of amides is 1. The number of anilines is 1. The quantitative estimate of drug-likeness (QED) is 0.283. The maximum Gasteiger partial charge on any atom is 0.337 e. The number of carbonyl (C=O) groups excluding carboxylic acids is 2. The lowest BCUT2D eigenvalue weighted by molar-refractivity contribution is -0.116. The third-order valence-electron chi connectivity index (χ3n) is 6.22. The molecule has 0 bridgehead atoms. The highest BCUT2D eigenvalue weighted by Gasteiger charge is 2.42. The Balaban J connectivity index is 1.50. The molecule has 2 atom stereocenters. The normalized spacial score (nSPS) is 16.8. The van der Waals surface area contributed by atoms with E-state index in [0.29, 0.717) is 10.7 Å².